The molecule has 0 spiro atoms. The second-order valence-corrected chi connectivity index (χ2v) is 12.6. The van der Waals surface area contributed by atoms with Crippen molar-refractivity contribution in [2.24, 2.45) is 11.3 Å². The van der Waals surface area contributed by atoms with Gasteiger partial charge in [-0.1, -0.05) is 55.7 Å². The van der Waals surface area contributed by atoms with Crippen molar-refractivity contribution in [1.29, 1.82) is 0 Å². The normalized spacial score (nSPS) is 20.8. The van der Waals surface area contributed by atoms with Crippen molar-refractivity contribution >= 4 is 17.8 Å². The number of hydrogen-bond donors (Lipinski definition) is 2. The molecule has 2 heterocycles. The van der Waals surface area contributed by atoms with E-state index >= 15 is 0 Å². The molecule has 1 saturated heterocycles. The van der Waals surface area contributed by atoms with Gasteiger partial charge in [0.15, 0.2) is 0 Å². The van der Waals surface area contributed by atoms with E-state index in [1.54, 1.807) is 24.1 Å². The number of halogens is 1. The molecule has 2 aromatic carbocycles. The molecule has 2 amide bonds. The Kier molecular flexibility index (Phi) is 11.0. The highest BCUT2D eigenvalue weighted by Gasteiger charge is 2.49. The van der Waals surface area contributed by atoms with Crippen molar-refractivity contribution in [3.63, 3.8) is 0 Å². The highest BCUT2D eigenvalue weighted by atomic mass is 19.1. The first-order chi connectivity index (χ1) is 21.4. The Bertz CT molecular complexity index is 1270. The monoisotopic (exact) mass is 607 g/mol. The minimum Gasteiger partial charge on any atom is -0.463 e. The van der Waals surface area contributed by atoms with Gasteiger partial charge in [0.25, 0.3) is 0 Å². The van der Waals surface area contributed by atoms with Gasteiger partial charge in [0.05, 0.1) is 12.0 Å². The summed E-state index contributed by atoms with van der Waals surface area (Å²) in [5, 5.41) is 6.47. The van der Waals surface area contributed by atoms with Crippen molar-refractivity contribution in [3.05, 3.63) is 71.0 Å². The van der Waals surface area contributed by atoms with E-state index in [0.29, 0.717) is 32.5 Å². The zero-order valence-corrected chi connectivity index (χ0v) is 25.8. The Morgan fingerprint density at radius 3 is 2.48 bits per heavy atom. The van der Waals surface area contributed by atoms with Crippen molar-refractivity contribution in [1.82, 2.24) is 15.5 Å². The number of carbonyl (C=O) groups excluding carboxylic acids is 3. The summed E-state index contributed by atoms with van der Waals surface area (Å²) in [6, 6.07) is 13.3. The van der Waals surface area contributed by atoms with Crippen LogP contribution in [0.15, 0.2) is 48.5 Å². The maximum Gasteiger partial charge on any atom is 0.312 e. The van der Waals surface area contributed by atoms with E-state index in [9.17, 15) is 18.8 Å². The summed E-state index contributed by atoms with van der Waals surface area (Å²) in [6.07, 6.45) is 7.83. The number of hydrogen-bond acceptors (Lipinski definition) is 6. The van der Waals surface area contributed by atoms with Crippen LogP contribution in [-0.4, -0.2) is 68.7 Å². The van der Waals surface area contributed by atoms with Crippen LogP contribution < -0.4 is 10.6 Å². The second kappa shape index (κ2) is 15.1. The fourth-order valence-electron chi connectivity index (χ4n) is 7.41. The number of ether oxygens (including phenoxy) is 2. The molecule has 2 aliphatic heterocycles. The minimum absolute atomic E-state index is 0.128. The van der Waals surface area contributed by atoms with Crippen LogP contribution in [0.3, 0.4) is 0 Å². The van der Waals surface area contributed by atoms with Crippen LogP contribution in [0.4, 0.5) is 4.39 Å². The Balaban J connectivity index is 1.29. The van der Waals surface area contributed by atoms with Crippen LogP contribution in [0.2, 0.25) is 0 Å². The van der Waals surface area contributed by atoms with Gasteiger partial charge in [-0.25, -0.2) is 4.39 Å². The topological polar surface area (TPSA) is 97.0 Å². The third-order valence-electron chi connectivity index (χ3n) is 9.87. The van der Waals surface area contributed by atoms with Crippen LogP contribution in [0.1, 0.15) is 74.1 Å². The van der Waals surface area contributed by atoms with E-state index < -0.39 is 11.5 Å². The van der Waals surface area contributed by atoms with Crippen LogP contribution in [0.25, 0.3) is 0 Å². The number of nitrogens with one attached hydrogen (secondary N) is 2. The number of esters is 1. The number of fused-ring (bicyclic) bond motifs is 1. The number of nitrogens with zero attached hydrogens (tertiary/aromatic N) is 1. The summed E-state index contributed by atoms with van der Waals surface area (Å²) in [5.74, 6) is -0.677. The van der Waals surface area contributed by atoms with E-state index in [-0.39, 0.29) is 55.0 Å². The molecule has 44 heavy (non-hydrogen) atoms. The van der Waals surface area contributed by atoms with Gasteiger partial charge < -0.3 is 25.0 Å². The fraction of sp³-hybridized carbons (Fsp3) is 0.571. The van der Waals surface area contributed by atoms with Crippen LogP contribution in [-0.2, 0) is 36.7 Å². The van der Waals surface area contributed by atoms with Crippen molar-refractivity contribution in [2.45, 2.75) is 76.3 Å². The van der Waals surface area contributed by atoms with Crippen molar-refractivity contribution < 1.29 is 28.2 Å². The summed E-state index contributed by atoms with van der Waals surface area (Å²) in [6.45, 7) is 2.20. The summed E-state index contributed by atoms with van der Waals surface area (Å²) in [7, 11) is 1.58. The Labute approximate surface area is 260 Å². The SMILES string of the molecule is COCCOC(=O)C1(C2CCCCC2)CCN(C(=O)[C@@H](Cc2ccc(F)cc2)NC(=O)CC2NCCc3ccccc32)CC1. The zero-order chi connectivity index (χ0) is 30.9. The lowest BCUT2D eigenvalue weighted by molar-refractivity contribution is -0.168. The highest BCUT2D eigenvalue weighted by molar-refractivity contribution is 5.88. The number of likely N-dealkylation sites (tertiary alicyclic amines) is 1. The fourth-order valence-corrected chi connectivity index (χ4v) is 7.41. The quantitative estimate of drug-likeness (QED) is 0.288. The van der Waals surface area contributed by atoms with Gasteiger partial charge in [0.2, 0.25) is 11.8 Å². The molecule has 2 fully saturated rings. The molecule has 9 heteroatoms. The van der Waals surface area contributed by atoms with Gasteiger partial charge in [-0.15, -0.1) is 0 Å². The van der Waals surface area contributed by atoms with E-state index in [0.717, 1.165) is 49.8 Å². The lowest BCUT2D eigenvalue weighted by Gasteiger charge is -2.46. The number of rotatable bonds is 11. The zero-order valence-electron chi connectivity index (χ0n) is 25.8. The number of amides is 2. The summed E-state index contributed by atoms with van der Waals surface area (Å²) in [5.41, 5.74) is 2.50. The molecule has 0 bridgehead atoms. The number of piperidine rings is 1. The maximum absolute atomic E-state index is 14.1. The molecule has 238 valence electrons. The molecule has 1 unspecified atom stereocenters. The molecule has 0 radical (unpaired) electrons. The average Bonchev–Trinajstić information content (AvgIpc) is 3.06. The van der Waals surface area contributed by atoms with E-state index in [2.05, 4.69) is 16.7 Å². The molecule has 3 aliphatic rings. The Hall–Kier alpha value is -3.30. The van der Waals surface area contributed by atoms with Gasteiger partial charge in [-0.3, -0.25) is 14.4 Å². The smallest absolute Gasteiger partial charge is 0.312 e. The molecule has 2 aromatic rings. The van der Waals surface area contributed by atoms with Gasteiger partial charge in [-0.2, -0.15) is 0 Å². The van der Waals surface area contributed by atoms with E-state index in [1.807, 2.05) is 18.2 Å². The number of carbonyl (C=O) groups is 3. The van der Waals surface area contributed by atoms with Crippen LogP contribution in [0.5, 0.6) is 0 Å². The van der Waals surface area contributed by atoms with Gasteiger partial charge in [-0.05, 0) is 73.4 Å². The van der Waals surface area contributed by atoms with Gasteiger partial charge >= 0.3 is 5.97 Å². The molecule has 8 nitrogen and oxygen atoms in total. The average molecular weight is 608 g/mol. The van der Waals surface area contributed by atoms with Gasteiger partial charge in [0.1, 0.15) is 18.5 Å². The van der Waals surface area contributed by atoms with Crippen LogP contribution in [0, 0.1) is 17.2 Å². The molecule has 1 saturated carbocycles. The molecule has 2 atom stereocenters. The second-order valence-electron chi connectivity index (χ2n) is 12.6. The number of benzene rings is 2. The Morgan fingerprint density at radius 2 is 1.75 bits per heavy atom. The lowest BCUT2D eigenvalue weighted by atomic mass is 9.63. The van der Waals surface area contributed by atoms with Crippen LogP contribution >= 0.6 is 0 Å². The first kappa shape index (κ1) is 32.1. The Morgan fingerprint density at radius 1 is 1.02 bits per heavy atom. The van der Waals surface area contributed by atoms with E-state index in [1.165, 1.54) is 24.1 Å². The first-order valence-corrected chi connectivity index (χ1v) is 16.2. The first-order valence-electron chi connectivity index (χ1n) is 16.2. The third kappa shape index (κ3) is 7.67. The molecule has 2 N–H and O–H groups in total. The number of methoxy groups -OCH3 is 1. The maximum atomic E-state index is 14.1. The molecular formula is C35H46FN3O5. The summed E-state index contributed by atoms with van der Waals surface area (Å²) >= 11 is 0. The molecule has 5 rings (SSSR count). The predicted octanol–water partition coefficient (Wildman–Crippen LogP) is 4.51. The summed E-state index contributed by atoms with van der Waals surface area (Å²) in [4.78, 5) is 42.8. The van der Waals surface area contributed by atoms with E-state index in [4.69, 9.17) is 9.47 Å². The highest BCUT2D eigenvalue weighted by Crippen LogP contribution is 2.47. The van der Waals surface area contributed by atoms with Crippen molar-refractivity contribution in [2.75, 3.05) is 40.0 Å². The summed E-state index contributed by atoms with van der Waals surface area (Å²) < 4.78 is 24.5. The van der Waals surface area contributed by atoms with Gasteiger partial charge in [0, 0.05) is 39.1 Å². The molecule has 0 aromatic heterocycles. The third-order valence-corrected chi connectivity index (χ3v) is 9.87. The minimum atomic E-state index is -0.803. The molecule has 1 aliphatic carbocycles. The molecular weight excluding hydrogens is 561 g/mol. The largest absolute Gasteiger partial charge is 0.463 e. The predicted molar refractivity (Wildman–Crippen MR) is 165 cm³/mol. The van der Waals surface area contributed by atoms with Crippen molar-refractivity contribution in [3.8, 4) is 0 Å². The lowest BCUT2D eigenvalue weighted by Crippen LogP contribution is -2.56. The standard InChI is InChI=1S/C35H46FN3O5/c1-43-21-22-44-34(42)35(27-8-3-2-4-9-27)16-19-39(20-17-35)33(41)31(23-25-11-13-28(36)14-12-25)38-32(40)24-30-29-10-6-5-7-26(29)15-18-37-30/h5-7,10-14,27,30-31,37H,2-4,8-9,15-24H2,1H3,(H,38,40)/t30?,31-/m1/s1.